The first kappa shape index (κ1) is 15.9. The summed E-state index contributed by atoms with van der Waals surface area (Å²) in [7, 11) is 0. The Morgan fingerprint density at radius 1 is 1.35 bits per heavy atom. The fraction of sp³-hybridized carbons (Fsp3) is 0.647. The summed E-state index contributed by atoms with van der Waals surface area (Å²) in [5.74, 6) is 1.15. The topological polar surface area (TPSA) is 63.4 Å². The third-order valence-corrected chi connectivity index (χ3v) is 4.89. The van der Waals surface area contributed by atoms with Crippen molar-refractivity contribution in [2.75, 3.05) is 0 Å². The highest BCUT2D eigenvalue weighted by Gasteiger charge is 2.39. The number of hydrogen-bond donors (Lipinski definition) is 0. The monoisotopic (exact) mass is 315 g/mol. The van der Waals surface area contributed by atoms with Crippen LogP contribution in [0, 0.1) is 19.8 Å². The van der Waals surface area contributed by atoms with E-state index in [0.29, 0.717) is 17.7 Å². The maximum absolute atomic E-state index is 13.0. The summed E-state index contributed by atoms with van der Waals surface area (Å²) in [5, 5.41) is 4.40. The molecule has 1 fully saturated rings. The molecule has 6 nitrogen and oxygen atoms in total. The van der Waals surface area contributed by atoms with Gasteiger partial charge in [-0.15, -0.1) is 5.10 Å². The van der Waals surface area contributed by atoms with Crippen LogP contribution >= 0.6 is 0 Å². The van der Waals surface area contributed by atoms with Gasteiger partial charge in [0, 0.05) is 23.5 Å². The Morgan fingerprint density at radius 2 is 2.04 bits per heavy atom. The van der Waals surface area contributed by atoms with Crippen molar-refractivity contribution in [3.63, 3.8) is 0 Å². The van der Waals surface area contributed by atoms with Crippen molar-refractivity contribution in [1.29, 1.82) is 0 Å². The number of carbonyl (C=O) groups is 1. The van der Waals surface area contributed by atoms with E-state index in [0.717, 1.165) is 30.7 Å². The molecule has 1 aliphatic carbocycles. The number of aryl methyl sites for hydroxylation is 2. The number of nitrogens with zero attached hydrogens (tertiary/aromatic N) is 5. The van der Waals surface area contributed by atoms with E-state index in [1.54, 1.807) is 4.52 Å². The van der Waals surface area contributed by atoms with E-state index >= 15 is 0 Å². The molecular formula is C17H25N5O. The SMILES string of the molecule is CC[C@H](C)[C@H](C)N(C(=O)c1nc2nc(C)cc(C)n2n1)C1CC1. The zero-order valence-electron chi connectivity index (χ0n) is 14.6. The van der Waals surface area contributed by atoms with Crippen LogP contribution in [0.4, 0.5) is 0 Å². The fourth-order valence-electron chi connectivity index (χ4n) is 3.02. The minimum absolute atomic E-state index is 0.0668. The van der Waals surface area contributed by atoms with Crippen LogP contribution in [-0.2, 0) is 0 Å². The summed E-state index contributed by atoms with van der Waals surface area (Å²) in [6.07, 6.45) is 3.21. The summed E-state index contributed by atoms with van der Waals surface area (Å²) < 4.78 is 1.65. The predicted octanol–water partition coefficient (Wildman–Crippen LogP) is 2.78. The Kier molecular flexibility index (Phi) is 4.08. The van der Waals surface area contributed by atoms with Gasteiger partial charge in [-0.2, -0.15) is 4.98 Å². The maximum atomic E-state index is 13.0. The Bertz CT molecular complexity index is 734. The molecule has 0 aromatic carbocycles. The predicted molar refractivity (Wildman–Crippen MR) is 88.4 cm³/mol. The molecule has 0 unspecified atom stereocenters. The first-order valence-electron chi connectivity index (χ1n) is 8.46. The van der Waals surface area contributed by atoms with Gasteiger partial charge in [-0.3, -0.25) is 4.79 Å². The van der Waals surface area contributed by atoms with Crippen molar-refractivity contribution in [2.24, 2.45) is 5.92 Å². The second kappa shape index (κ2) is 5.91. The van der Waals surface area contributed by atoms with E-state index in [1.165, 1.54) is 0 Å². The smallest absolute Gasteiger partial charge is 0.294 e. The molecule has 1 saturated carbocycles. The van der Waals surface area contributed by atoms with E-state index in [1.807, 2.05) is 24.8 Å². The molecule has 0 saturated heterocycles. The van der Waals surface area contributed by atoms with E-state index in [9.17, 15) is 4.79 Å². The first-order valence-corrected chi connectivity index (χ1v) is 8.46. The van der Waals surface area contributed by atoms with Crippen molar-refractivity contribution in [1.82, 2.24) is 24.5 Å². The van der Waals surface area contributed by atoms with Gasteiger partial charge in [-0.25, -0.2) is 9.50 Å². The molecule has 2 atom stereocenters. The van der Waals surface area contributed by atoms with Gasteiger partial charge in [0.1, 0.15) is 0 Å². The summed E-state index contributed by atoms with van der Waals surface area (Å²) in [4.78, 5) is 23.8. The van der Waals surface area contributed by atoms with E-state index in [2.05, 4.69) is 35.8 Å². The van der Waals surface area contributed by atoms with Crippen LogP contribution in [0.25, 0.3) is 5.78 Å². The third-order valence-electron chi connectivity index (χ3n) is 4.89. The summed E-state index contributed by atoms with van der Waals surface area (Å²) in [6.45, 7) is 10.4. The number of amides is 1. The van der Waals surface area contributed by atoms with E-state index in [4.69, 9.17) is 0 Å². The summed E-state index contributed by atoms with van der Waals surface area (Å²) in [5.41, 5.74) is 1.82. The van der Waals surface area contributed by atoms with E-state index in [-0.39, 0.29) is 17.8 Å². The molecule has 3 rings (SSSR count). The second-order valence-corrected chi connectivity index (χ2v) is 6.76. The largest absolute Gasteiger partial charge is 0.330 e. The molecule has 1 aliphatic rings. The lowest BCUT2D eigenvalue weighted by Gasteiger charge is -2.32. The standard InChI is InChI=1S/C17H25N5O/c1-6-10(2)13(5)21(14-7-8-14)16(23)15-19-17-18-11(3)9-12(4)22(17)20-15/h9-10,13-14H,6-8H2,1-5H3/t10-,13-/m0/s1. The van der Waals surface area contributed by atoms with Gasteiger partial charge in [0.15, 0.2) is 0 Å². The Labute approximate surface area is 136 Å². The zero-order valence-corrected chi connectivity index (χ0v) is 14.6. The van der Waals surface area contributed by atoms with Crippen molar-refractivity contribution < 1.29 is 4.79 Å². The Hall–Kier alpha value is -1.98. The molecule has 2 aromatic heterocycles. The van der Waals surface area contributed by atoms with Gasteiger partial charge >= 0.3 is 0 Å². The fourth-order valence-corrected chi connectivity index (χ4v) is 3.02. The molecule has 0 radical (unpaired) electrons. The second-order valence-electron chi connectivity index (χ2n) is 6.76. The lowest BCUT2D eigenvalue weighted by Crippen LogP contribution is -2.44. The van der Waals surface area contributed by atoms with Gasteiger partial charge in [-0.1, -0.05) is 20.3 Å². The molecule has 124 valence electrons. The molecule has 0 spiro atoms. The third kappa shape index (κ3) is 2.94. The maximum Gasteiger partial charge on any atom is 0.294 e. The normalized spacial score (nSPS) is 17.3. The van der Waals surface area contributed by atoms with Gasteiger partial charge in [0.05, 0.1) is 0 Å². The van der Waals surface area contributed by atoms with Gasteiger partial charge in [0.2, 0.25) is 5.82 Å². The lowest BCUT2D eigenvalue weighted by molar-refractivity contribution is 0.0603. The minimum Gasteiger partial charge on any atom is -0.330 e. The molecule has 0 bridgehead atoms. The Morgan fingerprint density at radius 3 is 2.65 bits per heavy atom. The average molecular weight is 315 g/mol. The average Bonchev–Trinajstić information content (AvgIpc) is 3.24. The minimum atomic E-state index is -0.0668. The molecule has 23 heavy (non-hydrogen) atoms. The van der Waals surface area contributed by atoms with Gasteiger partial charge < -0.3 is 4.90 Å². The highest BCUT2D eigenvalue weighted by molar-refractivity contribution is 5.91. The van der Waals surface area contributed by atoms with Crippen molar-refractivity contribution in [3.8, 4) is 0 Å². The zero-order chi connectivity index (χ0) is 16.7. The van der Waals surface area contributed by atoms with Crippen molar-refractivity contribution in [2.45, 2.75) is 66.0 Å². The van der Waals surface area contributed by atoms with Crippen LogP contribution in [0.1, 0.15) is 62.0 Å². The number of aromatic nitrogens is 4. The van der Waals surface area contributed by atoms with Crippen molar-refractivity contribution >= 4 is 11.7 Å². The summed E-state index contributed by atoms with van der Waals surface area (Å²) >= 11 is 0. The Balaban J connectivity index is 1.96. The van der Waals surface area contributed by atoms with Crippen LogP contribution < -0.4 is 0 Å². The first-order chi connectivity index (χ1) is 10.9. The number of rotatable bonds is 5. The number of carbonyl (C=O) groups excluding carboxylic acids is 1. The van der Waals surface area contributed by atoms with E-state index < -0.39 is 0 Å². The molecule has 2 heterocycles. The van der Waals surface area contributed by atoms with Crippen LogP contribution in [0.15, 0.2) is 6.07 Å². The van der Waals surface area contributed by atoms with Crippen LogP contribution in [0.5, 0.6) is 0 Å². The highest BCUT2D eigenvalue weighted by Crippen LogP contribution is 2.32. The van der Waals surface area contributed by atoms with Gasteiger partial charge in [-0.05, 0) is 45.6 Å². The number of hydrogen-bond acceptors (Lipinski definition) is 4. The quantitative estimate of drug-likeness (QED) is 0.851. The van der Waals surface area contributed by atoms with Crippen LogP contribution in [0.3, 0.4) is 0 Å². The van der Waals surface area contributed by atoms with Crippen LogP contribution in [-0.4, -0.2) is 42.5 Å². The molecule has 0 aliphatic heterocycles. The lowest BCUT2D eigenvalue weighted by atomic mass is 9.99. The molecular weight excluding hydrogens is 290 g/mol. The van der Waals surface area contributed by atoms with Crippen LogP contribution in [0.2, 0.25) is 0 Å². The molecule has 1 amide bonds. The molecule has 0 N–H and O–H groups in total. The molecule has 2 aromatic rings. The molecule has 6 heteroatoms. The summed E-state index contributed by atoms with van der Waals surface area (Å²) in [6, 6.07) is 2.48. The highest BCUT2D eigenvalue weighted by atomic mass is 16.2. The number of fused-ring (bicyclic) bond motifs is 1. The van der Waals surface area contributed by atoms with Crippen molar-refractivity contribution in [3.05, 3.63) is 23.3 Å². The van der Waals surface area contributed by atoms with Gasteiger partial charge in [0.25, 0.3) is 11.7 Å².